The highest BCUT2D eigenvalue weighted by molar-refractivity contribution is 7.21. The predicted octanol–water partition coefficient (Wildman–Crippen LogP) is 29.7. The van der Waals surface area contributed by atoms with Gasteiger partial charge in [-0.05, 0) is 256 Å². The molecule has 0 atom stereocenters. The summed E-state index contributed by atoms with van der Waals surface area (Å²) < 4.78 is 26.4. The van der Waals surface area contributed by atoms with Crippen molar-refractivity contribution in [3.05, 3.63) is 468 Å². The van der Waals surface area contributed by atoms with E-state index in [1.54, 1.807) is 35.6 Å². The Hall–Kier alpha value is -16.3. The van der Waals surface area contributed by atoms with Crippen LogP contribution in [0.3, 0.4) is 0 Å². The maximum Gasteiger partial charge on any atom is 0.335 e. The molecule has 2 heterocycles. The van der Waals surface area contributed by atoms with Gasteiger partial charge >= 0.3 is 11.9 Å². The molecule has 125 heavy (non-hydrogen) atoms. The van der Waals surface area contributed by atoms with Crippen molar-refractivity contribution in [1.82, 2.24) is 9.97 Å². The first kappa shape index (κ1) is 76.1. The van der Waals surface area contributed by atoms with Crippen molar-refractivity contribution in [3.63, 3.8) is 0 Å². The summed E-state index contributed by atoms with van der Waals surface area (Å²) in [5.74, 6) is 3.51. The average molecular weight is 1630 g/mol. The number of carboxylic acid groups (broad SMARTS) is 2. The molecule has 2 aliphatic rings. The number of carboxylic acids is 2. The van der Waals surface area contributed by atoms with Crippen LogP contribution in [-0.2, 0) is 10.8 Å². The van der Waals surface area contributed by atoms with Crippen LogP contribution >= 0.6 is 11.3 Å². The van der Waals surface area contributed by atoms with E-state index in [4.69, 9.17) is 28.9 Å². The van der Waals surface area contributed by atoms with E-state index in [1.807, 2.05) is 146 Å². The number of nitrogens with zero attached hydrogens (tertiary/aromatic N) is 2. The quantitative estimate of drug-likeness (QED) is 0.0631. The van der Waals surface area contributed by atoms with Crippen molar-refractivity contribution >= 4 is 91.2 Å². The normalized spacial score (nSPS) is 12.5. The van der Waals surface area contributed by atoms with Crippen LogP contribution in [0, 0.1) is 0 Å². The summed E-state index contributed by atoms with van der Waals surface area (Å²) in [6.07, 6.45) is 7.28. The summed E-state index contributed by atoms with van der Waals surface area (Å²) in [7, 11) is 0. The first-order valence-corrected chi connectivity index (χ1v) is 42.0. The second kappa shape index (κ2) is 31.0. The summed E-state index contributed by atoms with van der Waals surface area (Å²) in [5.41, 5.74) is 23.1. The van der Waals surface area contributed by atoms with E-state index in [1.165, 1.54) is 0 Å². The van der Waals surface area contributed by atoms with E-state index < -0.39 is 22.8 Å². The fraction of sp³-hybridized carbons (Fsp3) is 0.0175. The highest BCUT2D eigenvalue weighted by atomic mass is 32.1. The van der Waals surface area contributed by atoms with E-state index in [0.29, 0.717) is 68.1 Å². The number of fused-ring (bicyclic) bond motifs is 13. The third-order valence-electron chi connectivity index (χ3n) is 24.5. The Balaban J connectivity index is 0.821. The molecular weight excluding hydrogens is 1560 g/mol. The Morgan fingerprint density at radius 1 is 0.272 bits per heavy atom. The Labute approximate surface area is 725 Å². The van der Waals surface area contributed by atoms with Crippen molar-refractivity contribution in [2.45, 2.75) is 10.8 Å². The van der Waals surface area contributed by atoms with Gasteiger partial charge in [-0.15, -0.1) is 11.3 Å². The molecule has 0 aliphatic heterocycles. The van der Waals surface area contributed by atoms with Crippen molar-refractivity contribution in [2.24, 2.45) is 0 Å². The molecule has 10 nitrogen and oxygen atoms in total. The highest BCUT2D eigenvalue weighted by Gasteiger charge is 2.50. The van der Waals surface area contributed by atoms with Crippen LogP contribution in [0.25, 0.3) is 133 Å². The lowest BCUT2D eigenvalue weighted by molar-refractivity contribution is 0.0686. The van der Waals surface area contributed by atoms with Gasteiger partial charge < -0.3 is 29.2 Å². The fourth-order valence-corrected chi connectivity index (χ4v) is 19.8. The number of rotatable bonds is 22. The molecule has 2 aliphatic carbocycles. The first-order valence-electron chi connectivity index (χ1n) is 41.2. The molecule has 0 radical (unpaired) electrons. The van der Waals surface area contributed by atoms with E-state index in [0.717, 1.165) is 154 Å². The second-order valence-corrected chi connectivity index (χ2v) is 32.3. The number of thiophene rings is 1. The van der Waals surface area contributed by atoms with E-state index in [9.17, 15) is 19.8 Å². The Morgan fingerprint density at radius 2 is 0.536 bits per heavy atom. The van der Waals surface area contributed by atoms with Crippen LogP contribution in [-0.4, -0.2) is 32.1 Å². The van der Waals surface area contributed by atoms with Crippen LogP contribution in [0.4, 0.5) is 0 Å². The van der Waals surface area contributed by atoms with Gasteiger partial charge in [-0.2, -0.15) is 0 Å². The molecular formula is C114H74N2O8S. The molecule has 0 amide bonds. The summed E-state index contributed by atoms with van der Waals surface area (Å²) in [5, 5.41) is 23.6. The molecule has 594 valence electrons. The zero-order chi connectivity index (χ0) is 84.6. The molecule has 0 fully saturated rings. The smallest absolute Gasteiger partial charge is 0.335 e. The SMILES string of the molecule is C=Cc1ccc(Oc2ccc(C3(c4ccc(Oc5ccc(C=C)cc5)cc4)c4ccccc4-c4c(-c5sc(-c6cccc7c6-c6ccccc6C7(c6ccc(Oc7ccc(C=C)cc7)cc6)c6ccc(Oc7ccc(C=C)cc7)cc6)c6nc7c8ccc(-c9ccc(C(=O)O)cc9)cc8c8cc(-c9ccc(C(=O)O)cc9)ccc8c7nc56)cccc43)cc2)cc1. The number of aromatic nitrogens is 2. The molecule has 0 bridgehead atoms. The minimum absolute atomic E-state index is 0.182. The molecule has 0 unspecified atom stereocenters. The van der Waals surface area contributed by atoms with E-state index in [2.05, 4.69) is 245 Å². The maximum atomic E-state index is 12.3. The Kier molecular flexibility index (Phi) is 18.9. The molecule has 2 N–H and O–H groups in total. The topological polar surface area (TPSA) is 137 Å². The van der Waals surface area contributed by atoms with Gasteiger partial charge in [0.1, 0.15) is 57.0 Å². The minimum atomic E-state index is -1.01. The average Bonchev–Trinajstić information content (AvgIpc) is 1.53. The van der Waals surface area contributed by atoms with Crippen molar-refractivity contribution < 1.29 is 38.7 Å². The number of aromatic carboxylic acids is 2. The standard InChI is InChI=1S/C114H74N2O8S/c1-5-69-23-49-83(50-24-69)121-87-57-41-79(42-58-87)113(80-43-59-88(60-44-80)122-84-51-25-70(6-2)26-52-84)99-19-11-9-15-93(99)103-95(17-13-21-101(103)113)109-107-108(116-106-92-66-40-78(74-33-37-76(38-34-74)112(119)120)68-98(92)97-67-77(39-65-91(97)105(106)115-107)73-31-35-75(36-32-73)111(117)118)110(125-109)96-18-14-22-102-104(96)94-16-10-12-20-100(94)114(102,81-45-61-89(62-46-81)123-85-53-27-71(7-3)28-54-85)82-47-63-90(64-48-82)124-86-55-29-72(8-4)30-56-86/h5-68H,1-4H2,(H,117,118)(H,119,120). The Morgan fingerprint density at radius 3 is 0.824 bits per heavy atom. The van der Waals surface area contributed by atoms with Gasteiger partial charge in [0.05, 0.1) is 42.7 Å². The van der Waals surface area contributed by atoms with Crippen molar-refractivity contribution in [2.75, 3.05) is 0 Å². The summed E-state index contributed by atoms with van der Waals surface area (Å²) >= 11 is 1.69. The van der Waals surface area contributed by atoms with Gasteiger partial charge in [-0.1, -0.05) is 281 Å². The molecule has 21 rings (SSSR count). The molecule has 0 spiro atoms. The van der Waals surface area contributed by atoms with E-state index in [-0.39, 0.29) is 11.1 Å². The fourth-order valence-electron chi connectivity index (χ4n) is 18.5. The summed E-state index contributed by atoms with van der Waals surface area (Å²) in [6.45, 7) is 15.9. The third kappa shape index (κ3) is 13.0. The monoisotopic (exact) mass is 1630 g/mol. The second-order valence-electron chi connectivity index (χ2n) is 31.3. The molecule has 19 aromatic rings. The summed E-state index contributed by atoms with van der Waals surface area (Å²) in [4.78, 5) is 38.7. The zero-order valence-electron chi connectivity index (χ0n) is 67.4. The molecule has 0 saturated heterocycles. The van der Waals surface area contributed by atoms with Gasteiger partial charge in [0, 0.05) is 21.9 Å². The van der Waals surface area contributed by atoms with Crippen LogP contribution in [0.5, 0.6) is 46.0 Å². The van der Waals surface area contributed by atoms with Crippen LogP contribution < -0.4 is 18.9 Å². The number of hydrogen-bond donors (Lipinski definition) is 2. The van der Waals surface area contributed by atoms with Crippen molar-refractivity contribution in [1.29, 1.82) is 0 Å². The lowest BCUT2D eigenvalue weighted by atomic mass is 9.67. The molecule has 2 aromatic heterocycles. The number of hydrogen-bond acceptors (Lipinski definition) is 9. The lowest BCUT2D eigenvalue weighted by Crippen LogP contribution is -2.28. The summed E-state index contributed by atoms with van der Waals surface area (Å²) in [6, 6.07) is 123. The van der Waals surface area contributed by atoms with Crippen LogP contribution in [0.1, 0.15) is 87.5 Å². The number of ether oxygens (including phenoxy) is 4. The van der Waals surface area contributed by atoms with Crippen molar-refractivity contribution in [3.8, 4) is 111 Å². The van der Waals surface area contributed by atoms with Crippen LogP contribution in [0.2, 0.25) is 0 Å². The predicted molar refractivity (Wildman–Crippen MR) is 507 cm³/mol. The van der Waals surface area contributed by atoms with Gasteiger partial charge in [0.2, 0.25) is 0 Å². The highest BCUT2D eigenvalue weighted by Crippen LogP contribution is 2.63. The number of benzene rings is 17. The molecule has 17 aromatic carbocycles. The maximum absolute atomic E-state index is 12.3. The molecule has 0 saturated carbocycles. The zero-order valence-corrected chi connectivity index (χ0v) is 68.2. The Bertz CT molecular complexity index is 6940. The molecule has 11 heteroatoms. The van der Waals surface area contributed by atoms with Gasteiger partial charge in [0.25, 0.3) is 0 Å². The lowest BCUT2D eigenvalue weighted by Gasteiger charge is -2.34. The number of carbonyl (C=O) groups is 2. The van der Waals surface area contributed by atoms with E-state index >= 15 is 0 Å². The van der Waals surface area contributed by atoms with Gasteiger partial charge in [-0.25, -0.2) is 19.6 Å². The largest absolute Gasteiger partial charge is 0.478 e. The van der Waals surface area contributed by atoms with Gasteiger partial charge in [-0.3, -0.25) is 0 Å². The third-order valence-corrected chi connectivity index (χ3v) is 25.7. The van der Waals surface area contributed by atoms with Crippen LogP contribution in [0.15, 0.2) is 390 Å². The first-order chi connectivity index (χ1) is 61.3. The minimum Gasteiger partial charge on any atom is -0.478 e. The van der Waals surface area contributed by atoms with Gasteiger partial charge in [0.15, 0.2) is 0 Å².